The van der Waals surface area contributed by atoms with Crippen LogP contribution in [0.2, 0.25) is 0 Å². The highest BCUT2D eigenvalue weighted by Gasteiger charge is 2.30. The monoisotopic (exact) mass is 580 g/mol. The van der Waals surface area contributed by atoms with Crippen LogP contribution in [0.4, 0.5) is 0 Å². The number of ether oxygens (including phenoxy) is 1. The first-order valence-corrected chi connectivity index (χ1v) is 16.5. The minimum absolute atomic E-state index is 0.333. The van der Waals surface area contributed by atoms with Gasteiger partial charge in [-0.1, -0.05) is 135 Å². The number of hydrogen-bond acceptors (Lipinski definition) is 7. The van der Waals surface area contributed by atoms with Gasteiger partial charge in [-0.15, -0.1) is 0 Å². The summed E-state index contributed by atoms with van der Waals surface area (Å²) in [6.07, 6.45) is 20.2. The van der Waals surface area contributed by atoms with E-state index in [4.69, 9.17) is 9.84 Å². The van der Waals surface area contributed by atoms with Gasteiger partial charge in [0.1, 0.15) is 31.0 Å². The molecule has 0 aliphatic rings. The highest BCUT2D eigenvalue weighted by Crippen LogP contribution is 2.16. The topological polar surface area (TPSA) is 127 Å². The van der Waals surface area contributed by atoms with Crippen LogP contribution in [-0.2, 0) is 11.2 Å². The Morgan fingerprint density at radius 2 is 1.00 bits per heavy atom. The number of aryl methyl sites for hydroxylation is 1. The molecule has 0 heterocycles. The van der Waals surface area contributed by atoms with E-state index in [-0.39, 0.29) is 0 Å². The van der Waals surface area contributed by atoms with E-state index in [2.05, 4.69) is 6.92 Å². The van der Waals surface area contributed by atoms with Crippen LogP contribution < -0.4 is 0 Å². The summed E-state index contributed by atoms with van der Waals surface area (Å²) in [6, 6.07) is 7.16. The molecule has 0 fully saturated rings. The van der Waals surface area contributed by atoms with Crippen LogP contribution in [0.15, 0.2) is 24.3 Å². The van der Waals surface area contributed by atoms with Crippen LogP contribution in [-0.4, -0.2) is 69.1 Å². The second-order valence-corrected chi connectivity index (χ2v) is 11.7. The summed E-state index contributed by atoms with van der Waals surface area (Å²) in [5, 5.41) is 47.5. The van der Waals surface area contributed by atoms with Gasteiger partial charge in [-0.2, -0.15) is 0 Å². The Labute approximate surface area is 249 Å². The van der Waals surface area contributed by atoms with E-state index in [0.717, 1.165) is 18.4 Å². The van der Waals surface area contributed by atoms with E-state index in [1.807, 2.05) is 12.1 Å². The maximum absolute atomic E-state index is 12.2. The first-order valence-electron chi connectivity index (χ1n) is 16.5. The number of aliphatic hydroxyl groups is 5. The molecule has 0 amide bonds. The summed E-state index contributed by atoms with van der Waals surface area (Å²) in [6.45, 7) is 0.964. The number of carbonyl (C=O) groups excluding carboxylic acids is 1. The molecule has 0 bridgehead atoms. The first kappa shape index (κ1) is 37.5. The Hall–Kier alpha value is -1.51. The predicted octanol–water partition coefficient (Wildman–Crippen LogP) is 6.25. The molecule has 0 saturated heterocycles. The largest absolute Gasteiger partial charge is 0.459 e. The minimum Gasteiger partial charge on any atom is -0.459 e. The average molecular weight is 581 g/mol. The molecule has 1 aromatic carbocycles. The third kappa shape index (κ3) is 18.6. The van der Waals surface area contributed by atoms with E-state index in [1.54, 1.807) is 12.1 Å². The molecule has 0 unspecified atom stereocenters. The van der Waals surface area contributed by atoms with Crippen LogP contribution in [0.3, 0.4) is 0 Å². The van der Waals surface area contributed by atoms with Crippen molar-refractivity contribution in [1.29, 1.82) is 0 Å². The summed E-state index contributed by atoms with van der Waals surface area (Å²) in [5.74, 6) is -0.650. The summed E-state index contributed by atoms with van der Waals surface area (Å²) < 4.78 is 5.01. The summed E-state index contributed by atoms with van der Waals surface area (Å²) in [7, 11) is 0. The quantitative estimate of drug-likeness (QED) is 0.0614. The fraction of sp³-hybridized carbons (Fsp3) is 0.794. The molecular formula is C34H60O7. The zero-order valence-electron chi connectivity index (χ0n) is 25.7. The van der Waals surface area contributed by atoms with Crippen LogP contribution in [0.5, 0.6) is 0 Å². The second-order valence-electron chi connectivity index (χ2n) is 11.7. The molecule has 238 valence electrons. The molecule has 0 spiro atoms. The van der Waals surface area contributed by atoms with E-state index >= 15 is 0 Å². The zero-order chi connectivity index (χ0) is 30.1. The van der Waals surface area contributed by atoms with Crippen LogP contribution in [0, 0.1) is 0 Å². The van der Waals surface area contributed by atoms with E-state index < -0.39 is 43.6 Å². The van der Waals surface area contributed by atoms with E-state index in [9.17, 15) is 25.2 Å². The lowest BCUT2D eigenvalue weighted by Crippen LogP contribution is -2.47. The van der Waals surface area contributed by atoms with Crippen molar-refractivity contribution in [1.82, 2.24) is 0 Å². The van der Waals surface area contributed by atoms with Crippen molar-refractivity contribution >= 4 is 5.97 Å². The highest BCUT2D eigenvalue weighted by molar-refractivity contribution is 5.89. The molecule has 7 nitrogen and oxygen atoms in total. The van der Waals surface area contributed by atoms with Crippen LogP contribution in [0.25, 0.3) is 0 Å². The fourth-order valence-electron chi connectivity index (χ4n) is 5.12. The van der Waals surface area contributed by atoms with Gasteiger partial charge < -0.3 is 30.3 Å². The van der Waals surface area contributed by atoms with Gasteiger partial charge in [-0.05, 0) is 30.5 Å². The molecule has 0 aromatic heterocycles. The van der Waals surface area contributed by atoms with Crippen molar-refractivity contribution < 1.29 is 35.1 Å². The fourth-order valence-corrected chi connectivity index (χ4v) is 5.12. The van der Waals surface area contributed by atoms with Gasteiger partial charge in [0.15, 0.2) is 0 Å². The number of aliphatic hydroxyl groups excluding tert-OH is 5. The lowest BCUT2D eigenvalue weighted by atomic mass is 10.0. The normalized spacial score (nSPS) is 14.5. The SMILES string of the molecule is CCCCCCCCCCCCCCCCCCCCCc1ccc(C(=O)OC[C@@H](O)[C@@H](O)[C@H](O)[C@@H](O)CO)cc1. The molecule has 0 aliphatic carbocycles. The van der Waals surface area contributed by atoms with Gasteiger partial charge in [0.25, 0.3) is 0 Å². The maximum atomic E-state index is 12.2. The van der Waals surface area contributed by atoms with Gasteiger partial charge in [0.2, 0.25) is 0 Å². The third-order valence-corrected chi connectivity index (χ3v) is 7.97. The maximum Gasteiger partial charge on any atom is 0.338 e. The van der Waals surface area contributed by atoms with Crippen LogP contribution >= 0.6 is 0 Å². The third-order valence-electron chi connectivity index (χ3n) is 7.97. The van der Waals surface area contributed by atoms with Crippen LogP contribution in [0.1, 0.15) is 145 Å². The number of unbranched alkanes of at least 4 members (excludes halogenated alkanes) is 18. The number of benzene rings is 1. The number of carbonyl (C=O) groups is 1. The molecule has 41 heavy (non-hydrogen) atoms. The Morgan fingerprint density at radius 1 is 0.610 bits per heavy atom. The van der Waals surface area contributed by atoms with Gasteiger partial charge >= 0.3 is 5.97 Å². The lowest BCUT2D eigenvalue weighted by Gasteiger charge is -2.25. The van der Waals surface area contributed by atoms with Crippen molar-refractivity contribution in [2.24, 2.45) is 0 Å². The smallest absolute Gasteiger partial charge is 0.338 e. The second kappa shape index (κ2) is 25.0. The molecule has 1 rings (SSSR count). The molecule has 0 saturated carbocycles. The number of esters is 1. The number of hydrogen-bond donors (Lipinski definition) is 5. The Kier molecular flexibility index (Phi) is 22.9. The molecule has 4 atom stereocenters. The predicted molar refractivity (Wildman–Crippen MR) is 165 cm³/mol. The van der Waals surface area contributed by atoms with Crippen molar-refractivity contribution in [3.8, 4) is 0 Å². The van der Waals surface area contributed by atoms with Gasteiger partial charge in [-0.3, -0.25) is 0 Å². The minimum atomic E-state index is -1.76. The van der Waals surface area contributed by atoms with Gasteiger partial charge in [0, 0.05) is 0 Å². The molecular weight excluding hydrogens is 520 g/mol. The zero-order valence-corrected chi connectivity index (χ0v) is 25.7. The molecule has 5 N–H and O–H groups in total. The standard InChI is InChI=1S/C34H60O7/c1-2-3-4-5-6-7-8-9-10-11-12-13-14-15-16-17-18-19-20-21-28-22-24-29(25-23-28)34(40)41-27-31(37)33(39)32(38)30(36)26-35/h22-25,30-33,35-39H,2-21,26-27H2,1H3/t30-,31+,32+,33+/m0/s1. The molecule has 0 radical (unpaired) electrons. The highest BCUT2D eigenvalue weighted by atomic mass is 16.5. The summed E-state index contributed by atoms with van der Waals surface area (Å²) >= 11 is 0. The molecule has 1 aromatic rings. The number of rotatable bonds is 27. The Morgan fingerprint density at radius 3 is 1.41 bits per heavy atom. The van der Waals surface area contributed by atoms with E-state index in [1.165, 1.54) is 116 Å². The average Bonchev–Trinajstić information content (AvgIpc) is 2.99. The van der Waals surface area contributed by atoms with Crippen molar-refractivity contribution in [3.63, 3.8) is 0 Å². The summed E-state index contributed by atoms with van der Waals surface area (Å²) in [4.78, 5) is 12.2. The first-order chi connectivity index (χ1) is 19.9. The van der Waals surface area contributed by atoms with E-state index in [0.29, 0.717) is 5.56 Å². The van der Waals surface area contributed by atoms with Crippen molar-refractivity contribution in [2.45, 2.75) is 160 Å². The van der Waals surface area contributed by atoms with Gasteiger partial charge in [-0.25, -0.2) is 4.79 Å². The lowest BCUT2D eigenvalue weighted by molar-refractivity contribution is -0.124. The summed E-state index contributed by atoms with van der Waals surface area (Å²) in [5.41, 5.74) is 1.49. The molecule has 0 aliphatic heterocycles. The molecule has 7 heteroatoms. The Bertz CT molecular complexity index is 739. The van der Waals surface area contributed by atoms with Crippen molar-refractivity contribution in [2.75, 3.05) is 13.2 Å². The van der Waals surface area contributed by atoms with Crippen molar-refractivity contribution in [3.05, 3.63) is 35.4 Å². The Balaban J connectivity index is 1.99. The van der Waals surface area contributed by atoms with Gasteiger partial charge in [0.05, 0.1) is 12.2 Å².